The Hall–Kier alpha value is -2.61. The van der Waals surface area contributed by atoms with Crippen molar-refractivity contribution in [3.63, 3.8) is 0 Å². The summed E-state index contributed by atoms with van der Waals surface area (Å²) < 4.78 is 24.9. The highest BCUT2D eigenvalue weighted by atomic mass is 16.5. The first-order valence-electron chi connectivity index (χ1n) is 18.0. The summed E-state index contributed by atoms with van der Waals surface area (Å²) in [6, 6.07) is 16.4. The molecule has 0 heterocycles. The molecular formula is C40H56O7. The third-order valence-electron chi connectivity index (χ3n) is 13.5. The van der Waals surface area contributed by atoms with Crippen LogP contribution in [0.4, 0.5) is 0 Å². The second kappa shape index (κ2) is 14.1. The Morgan fingerprint density at radius 1 is 0.851 bits per heavy atom. The lowest BCUT2D eigenvalue weighted by Gasteiger charge is -2.64. The van der Waals surface area contributed by atoms with Gasteiger partial charge in [0.2, 0.25) is 0 Å². The first-order chi connectivity index (χ1) is 22.6. The van der Waals surface area contributed by atoms with E-state index in [2.05, 4.69) is 45.0 Å². The van der Waals surface area contributed by atoms with Gasteiger partial charge in [-0.05, 0) is 128 Å². The van der Waals surface area contributed by atoms with Crippen molar-refractivity contribution in [1.82, 2.24) is 0 Å². The number of carboxylic acids is 1. The van der Waals surface area contributed by atoms with Crippen LogP contribution in [0.15, 0.2) is 48.5 Å². The molecule has 47 heavy (non-hydrogen) atoms. The average molecular weight is 649 g/mol. The maximum absolute atomic E-state index is 11.6. The van der Waals surface area contributed by atoms with Gasteiger partial charge in [-0.3, -0.25) is 4.79 Å². The molecule has 0 bridgehead atoms. The topological polar surface area (TPSA) is 94.5 Å². The fourth-order valence-corrected chi connectivity index (χ4v) is 10.9. The number of ether oxygens (including phenoxy) is 4. The van der Waals surface area contributed by atoms with Gasteiger partial charge >= 0.3 is 5.97 Å². The monoisotopic (exact) mass is 648 g/mol. The van der Waals surface area contributed by atoms with Crippen molar-refractivity contribution in [1.29, 1.82) is 0 Å². The fraction of sp³-hybridized carbons (Fsp3) is 0.675. The van der Waals surface area contributed by atoms with E-state index >= 15 is 0 Å². The maximum atomic E-state index is 11.6. The van der Waals surface area contributed by atoms with Crippen LogP contribution in [-0.4, -0.2) is 48.7 Å². The second-order valence-corrected chi connectivity index (χ2v) is 15.7. The smallest absolute Gasteiger partial charge is 0.303 e. The lowest BCUT2D eigenvalue weighted by molar-refractivity contribution is -0.229. The Bertz CT molecular complexity index is 1340. The number of aliphatic hydroxyl groups is 1. The van der Waals surface area contributed by atoms with Gasteiger partial charge in [-0.1, -0.05) is 45.0 Å². The molecule has 7 nitrogen and oxygen atoms in total. The van der Waals surface area contributed by atoms with Crippen molar-refractivity contribution in [2.75, 3.05) is 14.2 Å². The number of hydrogen-bond donors (Lipinski definition) is 2. The van der Waals surface area contributed by atoms with Crippen LogP contribution < -0.4 is 9.47 Å². The molecule has 4 saturated carbocycles. The van der Waals surface area contributed by atoms with Crippen LogP contribution in [0.2, 0.25) is 0 Å². The van der Waals surface area contributed by atoms with Gasteiger partial charge < -0.3 is 29.2 Å². The third kappa shape index (κ3) is 6.69. The van der Waals surface area contributed by atoms with Crippen LogP contribution in [0.3, 0.4) is 0 Å². The van der Waals surface area contributed by atoms with Gasteiger partial charge in [0.05, 0.1) is 45.7 Å². The third-order valence-corrected chi connectivity index (χ3v) is 13.5. The molecule has 4 aliphatic carbocycles. The molecular weight excluding hydrogens is 592 g/mol. The minimum absolute atomic E-state index is 0.0558. The number of methoxy groups -OCH3 is 2. The lowest BCUT2D eigenvalue weighted by atomic mass is 9.43. The van der Waals surface area contributed by atoms with Crippen molar-refractivity contribution in [2.45, 2.75) is 110 Å². The summed E-state index contributed by atoms with van der Waals surface area (Å²) in [4.78, 5) is 11.6. The summed E-state index contributed by atoms with van der Waals surface area (Å²) in [5.41, 5.74) is 2.31. The zero-order valence-corrected chi connectivity index (χ0v) is 29.0. The number of benzene rings is 2. The van der Waals surface area contributed by atoms with Crippen molar-refractivity contribution in [3.8, 4) is 11.5 Å². The number of hydrogen-bond acceptors (Lipinski definition) is 6. The number of carbonyl (C=O) groups is 1. The van der Waals surface area contributed by atoms with E-state index in [9.17, 15) is 15.0 Å². The van der Waals surface area contributed by atoms with Gasteiger partial charge in [0.25, 0.3) is 0 Å². The van der Waals surface area contributed by atoms with Crippen molar-refractivity contribution in [2.24, 2.45) is 46.3 Å². The molecule has 2 aromatic rings. The molecule has 11 atom stereocenters. The predicted octanol–water partition coefficient (Wildman–Crippen LogP) is 7.91. The molecule has 0 aliphatic heterocycles. The number of carboxylic acid groups (broad SMARTS) is 1. The minimum atomic E-state index is -0.717. The summed E-state index contributed by atoms with van der Waals surface area (Å²) in [5.74, 6) is 3.30. The van der Waals surface area contributed by atoms with E-state index in [4.69, 9.17) is 18.9 Å². The van der Waals surface area contributed by atoms with Gasteiger partial charge in [-0.25, -0.2) is 0 Å². The zero-order chi connectivity index (χ0) is 33.3. The summed E-state index contributed by atoms with van der Waals surface area (Å²) in [6.45, 7) is 8.35. The predicted molar refractivity (Wildman–Crippen MR) is 181 cm³/mol. The lowest BCUT2D eigenvalue weighted by Crippen LogP contribution is -2.63. The first-order valence-corrected chi connectivity index (χ1v) is 18.0. The standard InChI is InChI=1S/C40H56O7/c1-25(6-17-37(42)43)32-15-16-33-38-34(22-36(40(32,33)3)47-24-27-9-13-31(45-5)14-10-27)39(2)19-18-29(41)20-28(39)21-35(38)46-23-26-7-11-30(44-4)12-8-26/h7-14,25,28-29,32-36,38,41H,6,15-24H2,1-5H3,(H,42,43)/t25-,28+,29-,32-,33+,34+,35-,36+,38+,39+,40-/m1/s1. The normalized spacial score (nSPS) is 36.9. The highest BCUT2D eigenvalue weighted by molar-refractivity contribution is 5.66. The van der Waals surface area contributed by atoms with Crippen LogP contribution in [0.5, 0.6) is 11.5 Å². The highest BCUT2D eigenvalue weighted by Gasteiger charge is 2.66. The van der Waals surface area contributed by atoms with E-state index in [-0.39, 0.29) is 35.6 Å². The van der Waals surface area contributed by atoms with E-state index < -0.39 is 5.97 Å². The first kappa shape index (κ1) is 34.3. The van der Waals surface area contributed by atoms with Gasteiger partial charge in [-0.15, -0.1) is 0 Å². The number of rotatable bonds is 12. The number of fused-ring (bicyclic) bond motifs is 5. The Labute approximate surface area is 281 Å². The molecule has 2 aromatic carbocycles. The SMILES string of the molecule is COc1ccc(CO[C@H]2C[C@H]3[C@@H]([C@H](OCc4ccc(OC)cc4)C[C@@H]4C[C@H](O)CC[C@@]43C)[C@@H]3CC[C@H]([C@H](C)CCC(=O)O)[C@@]23C)cc1. The molecule has 2 N–H and O–H groups in total. The Morgan fingerprint density at radius 3 is 2.06 bits per heavy atom. The van der Waals surface area contributed by atoms with E-state index in [1.165, 1.54) is 0 Å². The largest absolute Gasteiger partial charge is 0.497 e. The van der Waals surface area contributed by atoms with Crippen molar-refractivity contribution < 1.29 is 34.0 Å². The molecule has 258 valence electrons. The summed E-state index contributed by atoms with van der Waals surface area (Å²) >= 11 is 0. The quantitative estimate of drug-likeness (QED) is 0.242. The second-order valence-electron chi connectivity index (χ2n) is 15.7. The van der Waals surface area contributed by atoms with Crippen LogP contribution in [0, 0.1) is 46.3 Å². The molecule has 6 rings (SSSR count). The molecule has 0 unspecified atom stereocenters. The van der Waals surface area contributed by atoms with Gasteiger partial charge in [0.1, 0.15) is 11.5 Å². The van der Waals surface area contributed by atoms with Gasteiger partial charge in [0, 0.05) is 11.8 Å². The molecule has 0 radical (unpaired) electrons. The maximum Gasteiger partial charge on any atom is 0.303 e. The average Bonchev–Trinajstić information content (AvgIpc) is 3.44. The fourth-order valence-electron chi connectivity index (χ4n) is 10.9. The molecule has 7 heteroatoms. The molecule has 0 amide bonds. The minimum Gasteiger partial charge on any atom is -0.497 e. The van der Waals surface area contributed by atoms with E-state index in [0.717, 1.165) is 67.6 Å². The van der Waals surface area contributed by atoms with E-state index in [0.29, 0.717) is 55.1 Å². The van der Waals surface area contributed by atoms with Crippen molar-refractivity contribution in [3.05, 3.63) is 59.7 Å². The van der Waals surface area contributed by atoms with E-state index in [1.54, 1.807) is 14.2 Å². The summed E-state index contributed by atoms with van der Waals surface area (Å²) in [5, 5.41) is 20.4. The van der Waals surface area contributed by atoms with Crippen LogP contribution >= 0.6 is 0 Å². The Morgan fingerprint density at radius 2 is 1.47 bits per heavy atom. The van der Waals surface area contributed by atoms with Gasteiger partial charge in [-0.2, -0.15) is 0 Å². The molecule has 4 fully saturated rings. The number of aliphatic carboxylic acids is 1. The highest BCUT2D eigenvalue weighted by Crippen LogP contribution is 2.69. The number of aliphatic hydroxyl groups excluding tert-OH is 1. The molecule has 0 aromatic heterocycles. The molecule has 0 spiro atoms. The van der Waals surface area contributed by atoms with Gasteiger partial charge in [0.15, 0.2) is 0 Å². The van der Waals surface area contributed by atoms with E-state index in [1.807, 2.05) is 24.3 Å². The molecule has 0 saturated heterocycles. The van der Waals surface area contributed by atoms with Crippen LogP contribution in [0.25, 0.3) is 0 Å². The van der Waals surface area contributed by atoms with Crippen LogP contribution in [0.1, 0.15) is 89.7 Å². The Kier molecular flexibility index (Phi) is 10.3. The molecule has 4 aliphatic rings. The summed E-state index contributed by atoms with van der Waals surface area (Å²) in [7, 11) is 3.38. The van der Waals surface area contributed by atoms with Crippen LogP contribution in [-0.2, 0) is 27.5 Å². The zero-order valence-electron chi connectivity index (χ0n) is 29.0. The summed E-state index contributed by atoms with van der Waals surface area (Å²) in [6.07, 6.45) is 7.73. The van der Waals surface area contributed by atoms with Crippen molar-refractivity contribution >= 4 is 5.97 Å². The Balaban J connectivity index is 1.33.